The van der Waals surface area contributed by atoms with Crippen molar-refractivity contribution in [3.8, 4) is 0 Å². The fourth-order valence-electron chi connectivity index (χ4n) is 1.98. The summed E-state index contributed by atoms with van der Waals surface area (Å²) < 4.78 is 0.974. The largest absolute Gasteiger partial charge is 0.337 e. The van der Waals surface area contributed by atoms with E-state index in [1.165, 1.54) is 0 Å². The van der Waals surface area contributed by atoms with Gasteiger partial charge in [-0.15, -0.1) is 12.4 Å². The lowest BCUT2D eigenvalue weighted by Crippen LogP contribution is -2.32. The van der Waals surface area contributed by atoms with E-state index in [-0.39, 0.29) is 24.4 Å². The Bertz CT molecular complexity index is 425. The Labute approximate surface area is 116 Å². The highest BCUT2D eigenvalue weighted by Gasteiger charge is 2.25. The average Bonchev–Trinajstić information content (AvgIpc) is 2.68. The van der Waals surface area contributed by atoms with Crippen LogP contribution in [0.25, 0.3) is 0 Å². The second-order valence-electron chi connectivity index (χ2n) is 4.21. The Kier molecular flexibility index (Phi) is 4.98. The van der Waals surface area contributed by atoms with E-state index in [4.69, 9.17) is 5.73 Å². The van der Waals surface area contributed by atoms with Gasteiger partial charge in [-0.25, -0.2) is 0 Å². The van der Waals surface area contributed by atoms with Crippen LogP contribution in [0.3, 0.4) is 0 Å². The maximum Gasteiger partial charge on any atom is 0.254 e. The molecule has 1 amide bonds. The number of rotatable bonds is 1. The monoisotopic (exact) mass is 318 g/mol. The minimum atomic E-state index is 0. The molecule has 1 saturated heterocycles. The highest BCUT2D eigenvalue weighted by atomic mass is 79.9. The van der Waals surface area contributed by atoms with Crippen LogP contribution in [0, 0.1) is 6.92 Å². The fraction of sp³-hybridized carbons (Fsp3) is 0.417. The van der Waals surface area contributed by atoms with E-state index in [2.05, 4.69) is 15.9 Å². The topological polar surface area (TPSA) is 46.3 Å². The summed E-state index contributed by atoms with van der Waals surface area (Å²) in [7, 11) is 0. The van der Waals surface area contributed by atoms with Gasteiger partial charge >= 0.3 is 0 Å². The minimum absolute atomic E-state index is 0. The zero-order valence-electron chi connectivity index (χ0n) is 9.65. The van der Waals surface area contributed by atoms with Gasteiger partial charge in [-0.2, -0.15) is 0 Å². The quantitative estimate of drug-likeness (QED) is 0.863. The molecule has 1 aromatic carbocycles. The van der Waals surface area contributed by atoms with Crippen molar-refractivity contribution in [2.24, 2.45) is 5.73 Å². The van der Waals surface area contributed by atoms with Crippen molar-refractivity contribution < 1.29 is 4.79 Å². The Morgan fingerprint density at radius 2 is 2.24 bits per heavy atom. The SMILES string of the molecule is Cc1c(Br)cccc1C(=O)N1CC[C@H](N)C1.Cl. The van der Waals surface area contributed by atoms with E-state index in [0.29, 0.717) is 6.54 Å². The van der Waals surface area contributed by atoms with E-state index in [1.54, 1.807) is 0 Å². The van der Waals surface area contributed by atoms with Crippen LogP contribution in [0.4, 0.5) is 0 Å². The van der Waals surface area contributed by atoms with E-state index >= 15 is 0 Å². The Balaban J connectivity index is 0.00000144. The number of nitrogens with zero attached hydrogens (tertiary/aromatic N) is 1. The van der Waals surface area contributed by atoms with Crippen LogP contribution in [-0.2, 0) is 0 Å². The predicted octanol–water partition coefficient (Wildman–Crippen LogP) is 2.35. The van der Waals surface area contributed by atoms with Gasteiger partial charge in [0.15, 0.2) is 0 Å². The van der Waals surface area contributed by atoms with Gasteiger partial charge in [-0.05, 0) is 31.0 Å². The van der Waals surface area contributed by atoms with Gasteiger partial charge in [0, 0.05) is 29.2 Å². The molecule has 0 aliphatic carbocycles. The highest BCUT2D eigenvalue weighted by molar-refractivity contribution is 9.10. The molecule has 0 saturated carbocycles. The van der Waals surface area contributed by atoms with E-state index in [1.807, 2.05) is 30.0 Å². The van der Waals surface area contributed by atoms with Gasteiger partial charge in [-0.3, -0.25) is 4.79 Å². The van der Waals surface area contributed by atoms with Crippen molar-refractivity contribution in [2.45, 2.75) is 19.4 Å². The molecule has 1 aliphatic heterocycles. The van der Waals surface area contributed by atoms with E-state index in [9.17, 15) is 4.79 Å². The summed E-state index contributed by atoms with van der Waals surface area (Å²) in [6.45, 7) is 3.39. The summed E-state index contributed by atoms with van der Waals surface area (Å²) in [4.78, 5) is 14.0. The molecule has 2 N–H and O–H groups in total. The number of amides is 1. The van der Waals surface area contributed by atoms with Crippen LogP contribution in [-0.4, -0.2) is 29.9 Å². The third-order valence-corrected chi connectivity index (χ3v) is 3.87. The second kappa shape index (κ2) is 5.85. The number of benzene rings is 1. The van der Waals surface area contributed by atoms with Crippen molar-refractivity contribution in [3.63, 3.8) is 0 Å². The Morgan fingerprint density at radius 1 is 1.53 bits per heavy atom. The fourth-order valence-corrected chi connectivity index (χ4v) is 2.35. The van der Waals surface area contributed by atoms with Gasteiger partial charge in [-0.1, -0.05) is 22.0 Å². The standard InChI is InChI=1S/C12H15BrN2O.ClH/c1-8-10(3-2-4-11(8)13)12(16)15-6-5-9(14)7-15;/h2-4,9H,5-7,14H2,1H3;1H/t9-;/m0./s1. The van der Waals surface area contributed by atoms with Crippen LogP contribution in [0.1, 0.15) is 22.3 Å². The first kappa shape index (κ1) is 14.5. The first-order valence-electron chi connectivity index (χ1n) is 5.39. The Morgan fingerprint density at radius 3 is 2.82 bits per heavy atom. The molecule has 1 heterocycles. The molecule has 1 aromatic rings. The molecular weight excluding hydrogens is 304 g/mol. The van der Waals surface area contributed by atoms with Gasteiger partial charge in [0.2, 0.25) is 0 Å². The van der Waals surface area contributed by atoms with Crippen LogP contribution in [0.5, 0.6) is 0 Å². The number of hydrogen-bond donors (Lipinski definition) is 1. The first-order valence-corrected chi connectivity index (χ1v) is 6.19. The van der Waals surface area contributed by atoms with Crippen molar-refractivity contribution in [3.05, 3.63) is 33.8 Å². The third-order valence-electron chi connectivity index (χ3n) is 3.01. The van der Waals surface area contributed by atoms with Crippen LogP contribution < -0.4 is 5.73 Å². The molecule has 17 heavy (non-hydrogen) atoms. The molecule has 0 bridgehead atoms. The molecule has 1 atom stereocenters. The minimum Gasteiger partial charge on any atom is -0.337 e. The normalized spacial score (nSPS) is 19.0. The van der Waals surface area contributed by atoms with Gasteiger partial charge < -0.3 is 10.6 Å². The lowest BCUT2D eigenvalue weighted by atomic mass is 10.1. The summed E-state index contributed by atoms with van der Waals surface area (Å²) in [5.41, 5.74) is 7.57. The van der Waals surface area contributed by atoms with Crippen molar-refractivity contribution in [2.75, 3.05) is 13.1 Å². The molecule has 1 fully saturated rings. The van der Waals surface area contributed by atoms with Crippen molar-refractivity contribution >= 4 is 34.2 Å². The number of carbonyl (C=O) groups is 1. The lowest BCUT2D eigenvalue weighted by Gasteiger charge is -2.17. The maximum atomic E-state index is 12.2. The molecule has 0 radical (unpaired) electrons. The van der Waals surface area contributed by atoms with E-state index < -0.39 is 0 Å². The second-order valence-corrected chi connectivity index (χ2v) is 5.07. The zero-order chi connectivity index (χ0) is 11.7. The first-order chi connectivity index (χ1) is 7.59. The maximum absolute atomic E-state index is 12.2. The molecule has 0 spiro atoms. The molecule has 0 aromatic heterocycles. The molecule has 94 valence electrons. The molecule has 1 aliphatic rings. The van der Waals surface area contributed by atoms with Crippen LogP contribution in [0.15, 0.2) is 22.7 Å². The van der Waals surface area contributed by atoms with Gasteiger partial charge in [0.1, 0.15) is 0 Å². The van der Waals surface area contributed by atoms with Crippen molar-refractivity contribution in [1.82, 2.24) is 4.90 Å². The highest BCUT2D eigenvalue weighted by Crippen LogP contribution is 2.22. The summed E-state index contributed by atoms with van der Waals surface area (Å²) in [6, 6.07) is 5.84. The summed E-state index contributed by atoms with van der Waals surface area (Å²) in [5, 5.41) is 0. The smallest absolute Gasteiger partial charge is 0.254 e. The number of halogens is 2. The Hall–Kier alpha value is -0.580. The third kappa shape index (κ3) is 3.00. The zero-order valence-corrected chi connectivity index (χ0v) is 12.1. The van der Waals surface area contributed by atoms with Crippen molar-refractivity contribution in [1.29, 1.82) is 0 Å². The lowest BCUT2D eigenvalue weighted by molar-refractivity contribution is 0.0790. The van der Waals surface area contributed by atoms with Gasteiger partial charge in [0.25, 0.3) is 5.91 Å². The molecule has 0 unspecified atom stereocenters. The number of hydrogen-bond acceptors (Lipinski definition) is 2. The molecule has 5 heteroatoms. The van der Waals surface area contributed by atoms with E-state index in [0.717, 1.165) is 28.6 Å². The number of carbonyl (C=O) groups excluding carboxylic acids is 1. The van der Waals surface area contributed by atoms with Crippen LogP contribution >= 0.6 is 28.3 Å². The summed E-state index contributed by atoms with van der Waals surface area (Å²) in [6.07, 6.45) is 0.902. The average molecular weight is 320 g/mol. The molecule has 3 nitrogen and oxygen atoms in total. The number of likely N-dealkylation sites (tertiary alicyclic amines) is 1. The predicted molar refractivity (Wildman–Crippen MR) is 74.6 cm³/mol. The molecular formula is C12H16BrClN2O. The van der Waals surface area contributed by atoms with Crippen LogP contribution in [0.2, 0.25) is 0 Å². The van der Waals surface area contributed by atoms with Gasteiger partial charge in [0.05, 0.1) is 0 Å². The number of nitrogens with two attached hydrogens (primary N) is 1. The summed E-state index contributed by atoms with van der Waals surface area (Å²) >= 11 is 3.44. The molecule has 2 rings (SSSR count). The summed E-state index contributed by atoms with van der Waals surface area (Å²) in [5.74, 6) is 0.0896.